The van der Waals surface area contributed by atoms with Gasteiger partial charge in [0.1, 0.15) is 11.8 Å². The summed E-state index contributed by atoms with van der Waals surface area (Å²) < 4.78 is 13.5. The largest absolute Gasteiger partial charge is 0.497 e. The lowest BCUT2D eigenvalue weighted by Gasteiger charge is -2.33. The van der Waals surface area contributed by atoms with Gasteiger partial charge in [-0.3, -0.25) is 9.69 Å². The molecule has 2 aliphatic rings. The van der Waals surface area contributed by atoms with Crippen molar-refractivity contribution in [3.05, 3.63) is 81.4 Å². The van der Waals surface area contributed by atoms with Crippen LogP contribution in [0.2, 0.25) is 0 Å². The van der Waals surface area contributed by atoms with Crippen LogP contribution >= 0.6 is 0 Å². The fourth-order valence-corrected chi connectivity index (χ4v) is 6.26. The van der Waals surface area contributed by atoms with Crippen molar-refractivity contribution in [2.75, 3.05) is 20.3 Å². The SMILES string of the molecule is CCc1ccc2[nH]c(=O)c(C(c3nnnn3C3CCCC3)N(Cc3ccc(OC)cc3)CC3CCCO3)cc2c1. The van der Waals surface area contributed by atoms with Crippen molar-refractivity contribution in [1.82, 2.24) is 30.1 Å². The third kappa shape index (κ3) is 5.53. The molecular weight excluding hydrogens is 504 g/mol. The topological polar surface area (TPSA) is 98.2 Å². The first-order valence-electron chi connectivity index (χ1n) is 14.5. The van der Waals surface area contributed by atoms with E-state index in [1.807, 2.05) is 28.9 Å². The third-order valence-electron chi connectivity index (χ3n) is 8.45. The van der Waals surface area contributed by atoms with Gasteiger partial charge in [-0.15, -0.1) is 5.10 Å². The Hall–Kier alpha value is -3.56. The Labute approximate surface area is 234 Å². The van der Waals surface area contributed by atoms with E-state index in [0.29, 0.717) is 18.7 Å². The Bertz CT molecular complexity index is 1490. The van der Waals surface area contributed by atoms with Crippen LogP contribution in [0.1, 0.15) is 80.0 Å². The Morgan fingerprint density at radius 2 is 1.88 bits per heavy atom. The van der Waals surface area contributed by atoms with Crippen LogP contribution in [0.5, 0.6) is 5.75 Å². The summed E-state index contributed by atoms with van der Waals surface area (Å²) in [5.41, 5.74) is 3.72. The number of hydrogen-bond acceptors (Lipinski definition) is 7. The lowest BCUT2D eigenvalue weighted by atomic mass is 10.00. The number of fused-ring (bicyclic) bond motifs is 1. The molecular formula is C31H38N6O3. The quantitative estimate of drug-likeness (QED) is 0.302. The molecule has 1 aliphatic heterocycles. The van der Waals surface area contributed by atoms with Gasteiger partial charge in [-0.05, 0) is 89.4 Å². The lowest BCUT2D eigenvalue weighted by molar-refractivity contribution is 0.0569. The van der Waals surface area contributed by atoms with Gasteiger partial charge in [0.05, 0.1) is 19.3 Å². The smallest absolute Gasteiger partial charge is 0.253 e. The zero-order chi connectivity index (χ0) is 27.5. The molecule has 2 fully saturated rings. The zero-order valence-corrected chi connectivity index (χ0v) is 23.4. The zero-order valence-electron chi connectivity index (χ0n) is 23.4. The molecule has 2 unspecified atom stereocenters. The fourth-order valence-electron chi connectivity index (χ4n) is 6.26. The lowest BCUT2D eigenvalue weighted by Crippen LogP contribution is -2.39. The first kappa shape index (κ1) is 26.7. The number of nitrogens with one attached hydrogen (secondary N) is 1. The minimum absolute atomic E-state index is 0.0859. The molecule has 0 bridgehead atoms. The van der Waals surface area contributed by atoms with Crippen molar-refractivity contribution in [3.63, 3.8) is 0 Å². The van der Waals surface area contributed by atoms with Crippen LogP contribution < -0.4 is 10.3 Å². The molecule has 0 radical (unpaired) electrons. The molecule has 210 valence electrons. The van der Waals surface area contributed by atoms with Gasteiger partial charge in [-0.2, -0.15) is 0 Å². The summed E-state index contributed by atoms with van der Waals surface area (Å²) in [6, 6.07) is 16.2. The number of pyridine rings is 1. The van der Waals surface area contributed by atoms with Crippen LogP contribution in [-0.2, 0) is 17.7 Å². The van der Waals surface area contributed by atoms with Gasteiger partial charge in [0.15, 0.2) is 5.82 Å². The van der Waals surface area contributed by atoms with E-state index in [4.69, 9.17) is 9.47 Å². The highest BCUT2D eigenvalue weighted by atomic mass is 16.5. The third-order valence-corrected chi connectivity index (χ3v) is 8.45. The molecule has 4 aromatic rings. The number of methoxy groups -OCH3 is 1. The predicted octanol–water partition coefficient (Wildman–Crippen LogP) is 4.97. The summed E-state index contributed by atoms with van der Waals surface area (Å²) >= 11 is 0. The highest BCUT2D eigenvalue weighted by Crippen LogP contribution is 2.35. The van der Waals surface area contributed by atoms with E-state index in [1.165, 1.54) is 5.56 Å². The van der Waals surface area contributed by atoms with Crippen molar-refractivity contribution in [2.45, 2.75) is 76.6 Å². The summed E-state index contributed by atoms with van der Waals surface area (Å²) in [5.74, 6) is 1.53. The summed E-state index contributed by atoms with van der Waals surface area (Å²) in [6.45, 7) is 4.19. The van der Waals surface area contributed by atoms with E-state index in [0.717, 1.165) is 79.6 Å². The Morgan fingerprint density at radius 1 is 1.07 bits per heavy atom. The molecule has 6 rings (SSSR count). The van der Waals surface area contributed by atoms with Gasteiger partial charge >= 0.3 is 0 Å². The molecule has 0 amide bonds. The molecule has 9 nitrogen and oxygen atoms in total. The average Bonchev–Trinajstić information content (AvgIpc) is 3.77. The summed E-state index contributed by atoms with van der Waals surface area (Å²) in [7, 11) is 1.67. The summed E-state index contributed by atoms with van der Waals surface area (Å²) in [6.07, 6.45) is 7.47. The van der Waals surface area contributed by atoms with E-state index in [-0.39, 0.29) is 17.7 Å². The molecule has 40 heavy (non-hydrogen) atoms. The average molecular weight is 543 g/mol. The molecule has 1 aliphatic carbocycles. The number of nitrogens with zero attached hydrogens (tertiary/aromatic N) is 5. The highest BCUT2D eigenvalue weighted by Gasteiger charge is 2.35. The summed E-state index contributed by atoms with van der Waals surface area (Å²) in [5, 5.41) is 14.2. The van der Waals surface area contributed by atoms with Crippen LogP contribution in [0.4, 0.5) is 0 Å². The number of H-pyrrole nitrogens is 1. The Kier molecular flexibility index (Phi) is 7.93. The molecule has 2 aromatic carbocycles. The maximum atomic E-state index is 13.8. The first-order valence-corrected chi connectivity index (χ1v) is 14.5. The molecule has 1 saturated carbocycles. The number of aromatic amines is 1. The number of hydrogen-bond donors (Lipinski definition) is 1. The van der Waals surface area contributed by atoms with Crippen molar-refractivity contribution < 1.29 is 9.47 Å². The van der Waals surface area contributed by atoms with Crippen molar-refractivity contribution in [3.8, 4) is 5.75 Å². The number of aromatic nitrogens is 5. The van der Waals surface area contributed by atoms with Gasteiger partial charge in [0.25, 0.3) is 5.56 Å². The van der Waals surface area contributed by atoms with Crippen molar-refractivity contribution in [1.29, 1.82) is 0 Å². The van der Waals surface area contributed by atoms with Crippen LogP contribution in [0.3, 0.4) is 0 Å². The molecule has 2 aromatic heterocycles. The Balaban J connectivity index is 1.49. The van der Waals surface area contributed by atoms with Crippen molar-refractivity contribution >= 4 is 10.9 Å². The first-order chi connectivity index (χ1) is 19.6. The van der Waals surface area contributed by atoms with E-state index in [1.54, 1.807) is 7.11 Å². The fraction of sp³-hybridized carbons (Fsp3) is 0.484. The number of benzene rings is 2. The second-order valence-electron chi connectivity index (χ2n) is 11.1. The molecule has 3 heterocycles. The number of ether oxygens (including phenoxy) is 2. The summed E-state index contributed by atoms with van der Waals surface area (Å²) in [4.78, 5) is 19.3. The van der Waals surface area contributed by atoms with E-state index in [9.17, 15) is 4.79 Å². The predicted molar refractivity (Wildman–Crippen MR) is 153 cm³/mol. The van der Waals surface area contributed by atoms with Crippen molar-refractivity contribution in [2.24, 2.45) is 0 Å². The number of aryl methyl sites for hydroxylation is 1. The van der Waals surface area contributed by atoms with Gasteiger partial charge in [0, 0.05) is 30.8 Å². The molecule has 0 spiro atoms. The second-order valence-corrected chi connectivity index (χ2v) is 11.1. The minimum atomic E-state index is -0.444. The minimum Gasteiger partial charge on any atom is -0.497 e. The van der Waals surface area contributed by atoms with Gasteiger partial charge in [-0.25, -0.2) is 4.68 Å². The number of rotatable bonds is 10. The molecule has 2 atom stereocenters. The molecule has 9 heteroatoms. The van der Waals surface area contributed by atoms with E-state index >= 15 is 0 Å². The second kappa shape index (κ2) is 11.9. The monoisotopic (exact) mass is 542 g/mol. The van der Waals surface area contributed by atoms with Crippen LogP contribution in [0.15, 0.2) is 53.3 Å². The normalized spacial score (nSPS) is 18.6. The maximum Gasteiger partial charge on any atom is 0.253 e. The van der Waals surface area contributed by atoms with E-state index < -0.39 is 6.04 Å². The molecule has 1 saturated heterocycles. The van der Waals surface area contributed by atoms with Crippen LogP contribution in [-0.4, -0.2) is 56.5 Å². The molecule has 1 N–H and O–H groups in total. The van der Waals surface area contributed by atoms with Gasteiger partial charge < -0.3 is 14.5 Å². The number of tetrazole rings is 1. The Morgan fingerprint density at radius 3 is 2.60 bits per heavy atom. The van der Waals surface area contributed by atoms with Crippen LogP contribution in [0.25, 0.3) is 10.9 Å². The van der Waals surface area contributed by atoms with Gasteiger partial charge in [0.2, 0.25) is 0 Å². The van der Waals surface area contributed by atoms with Crippen LogP contribution in [0, 0.1) is 0 Å². The highest BCUT2D eigenvalue weighted by molar-refractivity contribution is 5.80. The van der Waals surface area contributed by atoms with E-state index in [2.05, 4.69) is 56.6 Å². The maximum absolute atomic E-state index is 13.8. The standard InChI is InChI=1S/C31H38N6O3/c1-3-21-12-15-28-23(17-21)18-27(31(38)32-28)29(30-33-34-35-37(30)24-7-4-5-8-24)36(20-26-9-6-16-40-26)19-22-10-13-25(39-2)14-11-22/h10-15,17-18,24,26,29H,3-9,16,19-20H2,1-2H3,(H,32,38). The van der Waals surface area contributed by atoms with Gasteiger partial charge in [-0.1, -0.05) is 38.0 Å².